The number of rotatable bonds is 11. The molecule has 0 spiro atoms. The van der Waals surface area contributed by atoms with Crippen molar-refractivity contribution in [2.24, 2.45) is 9.98 Å². The number of carbonyl (C=O) groups excluding carboxylic acids is 2. The van der Waals surface area contributed by atoms with E-state index in [2.05, 4.69) is 92.8 Å². The van der Waals surface area contributed by atoms with Crippen molar-refractivity contribution in [1.82, 2.24) is 5.32 Å². The highest BCUT2D eigenvalue weighted by Gasteiger charge is 2.58. The lowest BCUT2D eigenvalue weighted by Gasteiger charge is -2.31. The third-order valence-corrected chi connectivity index (χ3v) is 13.6. The summed E-state index contributed by atoms with van der Waals surface area (Å²) >= 11 is 31.7. The SMILES string of the molecule is C=C(c1cc(Cl)cc(Cl)c1)C(F)(F)F.CC(=O)NCc1ccc(C2=NCC(c3cc(Cl)cc(Cl)c3)(C(F)(F)F)C2)cc1Br.CSC(=NC[Si](C)(C)C)c1ccc(CCC(C)=O)c(Br)c1. The zero-order valence-electron chi connectivity index (χ0n) is 35.5. The van der Waals surface area contributed by atoms with Gasteiger partial charge in [-0.25, -0.2) is 0 Å². The standard InChI is InChI=1S/C20H16BrCl2F3N2O.C16H24BrNOSSi.C9H5Cl2F3/c1-11(29)27-9-13-3-2-12(4-17(13)21)18-8-19(10-28-18,20(24,25)26)14-5-15(22)7-16(23)6-14;1-12(19)6-7-13-8-9-14(10-15(13)17)16(20-2)18-11-21(3,4)5;1-5(9(12,13)14)6-2-7(10)4-8(11)3-6/h2-7H,8-10H2,1H3,(H,27,29);8-10H,6-7,11H2,1-5H3;2-4H,1H2. The normalized spacial score (nSPS) is 15.3. The summed E-state index contributed by atoms with van der Waals surface area (Å²) in [7, 11) is -1.17. The number of hydrogen-bond acceptors (Lipinski definition) is 5. The Morgan fingerprint density at radius 2 is 1.38 bits per heavy atom. The van der Waals surface area contributed by atoms with Crippen molar-refractivity contribution in [3.63, 3.8) is 0 Å². The summed E-state index contributed by atoms with van der Waals surface area (Å²) in [6, 6.07) is 19.2. The molecule has 0 aromatic heterocycles. The maximum Gasteiger partial charge on any atom is 0.416 e. The maximum absolute atomic E-state index is 14.2. The number of hydrogen-bond donors (Lipinski definition) is 1. The second-order valence-corrected chi connectivity index (χ2v) is 25.6. The number of aliphatic imine (C=N–C) groups is 2. The van der Waals surface area contributed by atoms with Crippen molar-refractivity contribution >= 4 is 126 Å². The van der Waals surface area contributed by atoms with Gasteiger partial charge in [-0.3, -0.25) is 14.8 Å². The monoisotopic (exact) mass is 1130 g/mol. The lowest BCUT2D eigenvalue weighted by molar-refractivity contribution is -0.183. The van der Waals surface area contributed by atoms with Gasteiger partial charge in [0.15, 0.2) is 0 Å². The molecule has 5 nitrogen and oxygen atoms in total. The largest absolute Gasteiger partial charge is 0.416 e. The van der Waals surface area contributed by atoms with E-state index in [0.717, 1.165) is 33.2 Å². The van der Waals surface area contributed by atoms with Gasteiger partial charge < -0.3 is 10.1 Å². The smallest absolute Gasteiger partial charge is 0.352 e. The fourth-order valence-electron chi connectivity index (χ4n) is 5.96. The molecule has 4 aromatic rings. The summed E-state index contributed by atoms with van der Waals surface area (Å²) in [5, 5.41) is 4.37. The summed E-state index contributed by atoms with van der Waals surface area (Å²) in [6.45, 7) is 12.8. The number of nitrogens with one attached hydrogen (secondary N) is 1. The zero-order chi connectivity index (χ0) is 48.4. The number of thioether (sulfide) groups is 1. The Labute approximate surface area is 412 Å². The van der Waals surface area contributed by atoms with Crippen LogP contribution in [0.1, 0.15) is 60.1 Å². The van der Waals surface area contributed by atoms with E-state index in [1.54, 1.807) is 36.9 Å². The topological polar surface area (TPSA) is 70.9 Å². The lowest BCUT2D eigenvalue weighted by Crippen LogP contribution is -2.43. The fraction of sp³-hybridized carbons (Fsp3) is 0.333. The van der Waals surface area contributed by atoms with E-state index >= 15 is 0 Å². The quantitative estimate of drug-likeness (QED) is 0.0704. The van der Waals surface area contributed by atoms with E-state index in [0.29, 0.717) is 28.7 Å². The average molecular weight is 1140 g/mol. The van der Waals surface area contributed by atoms with Gasteiger partial charge in [0.1, 0.15) is 11.2 Å². The molecule has 0 fully saturated rings. The van der Waals surface area contributed by atoms with E-state index in [4.69, 9.17) is 51.4 Å². The first kappa shape index (κ1) is 55.7. The molecule has 1 aliphatic rings. The number of aryl methyl sites for hydroxylation is 1. The molecule has 1 atom stereocenters. The molecule has 64 heavy (non-hydrogen) atoms. The molecule has 1 N–H and O–H groups in total. The fourth-order valence-corrected chi connectivity index (χ4v) is 9.41. The van der Waals surface area contributed by atoms with Gasteiger partial charge in [-0.2, -0.15) is 26.3 Å². The summed E-state index contributed by atoms with van der Waals surface area (Å²) in [6.07, 6.45) is -4.91. The van der Waals surface area contributed by atoms with Crippen LogP contribution < -0.4 is 5.32 Å². The predicted octanol–water partition coefficient (Wildman–Crippen LogP) is 15.6. The number of ketones is 1. The molecule has 1 heterocycles. The molecular weight excluding hydrogens is 1090 g/mol. The number of benzene rings is 4. The van der Waals surface area contributed by atoms with Crippen molar-refractivity contribution in [1.29, 1.82) is 0 Å². The van der Waals surface area contributed by atoms with Crippen molar-refractivity contribution in [3.05, 3.63) is 142 Å². The Morgan fingerprint density at radius 3 is 1.84 bits per heavy atom. The zero-order valence-corrected chi connectivity index (χ0v) is 43.5. The van der Waals surface area contributed by atoms with Gasteiger partial charge >= 0.3 is 12.4 Å². The van der Waals surface area contributed by atoms with Crippen LogP contribution in [-0.2, 0) is 28.0 Å². The average Bonchev–Trinajstić information content (AvgIpc) is 3.64. The molecule has 19 heteroatoms. The van der Waals surface area contributed by atoms with Crippen molar-refractivity contribution < 1.29 is 35.9 Å². The molecular formula is C45H45Br2Cl4F6N3O2SSi. The van der Waals surface area contributed by atoms with Gasteiger partial charge in [-0.15, -0.1) is 11.8 Å². The van der Waals surface area contributed by atoms with Crippen molar-refractivity contribution in [3.8, 4) is 0 Å². The van der Waals surface area contributed by atoms with Crippen molar-refractivity contribution in [2.45, 2.75) is 77.1 Å². The van der Waals surface area contributed by atoms with E-state index < -0.39 is 38.0 Å². The minimum Gasteiger partial charge on any atom is -0.352 e. The van der Waals surface area contributed by atoms with Crippen LogP contribution in [0.2, 0.25) is 39.7 Å². The van der Waals surface area contributed by atoms with Crippen LogP contribution in [0.4, 0.5) is 26.3 Å². The summed E-state index contributed by atoms with van der Waals surface area (Å²) in [5.41, 5.74) is 0.829. The highest BCUT2D eigenvalue weighted by molar-refractivity contribution is 9.10. The third kappa shape index (κ3) is 16.9. The predicted molar refractivity (Wildman–Crippen MR) is 265 cm³/mol. The van der Waals surface area contributed by atoms with Crippen molar-refractivity contribution in [2.75, 3.05) is 19.0 Å². The van der Waals surface area contributed by atoms with Gasteiger partial charge in [0, 0.05) is 72.8 Å². The second kappa shape index (κ2) is 23.9. The van der Waals surface area contributed by atoms with Crippen LogP contribution in [0.25, 0.3) is 5.57 Å². The summed E-state index contributed by atoms with van der Waals surface area (Å²) in [4.78, 5) is 31.2. The Bertz CT molecular complexity index is 2370. The highest BCUT2D eigenvalue weighted by Crippen LogP contribution is 2.49. The maximum atomic E-state index is 14.2. The van der Waals surface area contributed by atoms with Gasteiger partial charge in [0.25, 0.3) is 0 Å². The Morgan fingerprint density at radius 1 is 0.828 bits per heavy atom. The van der Waals surface area contributed by atoms with Crippen LogP contribution >= 0.6 is 90.0 Å². The molecule has 1 unspecified atom stereocenters. The summed E-state index contributed by atoms with van der Waals surface area (Å²) in [5.74, 6) is 0.0590. The van der Waals surface area contributed by atoms with E-state index in [-0.39, 0.29) is 49.3 Å². The van der Waals surface area contributed by atoms with Crippen LogP contribution in [0.5, 0.6) is 0 Å². The first-order valence-electron chi connectivity index (χ1n) is 19.2. The van der Waals surface area contributed by atoms with Gasteiger partial charge in [0.2, 0.25) is 5.91 Å². The van der Waals surface area contributed by atoms with Crippen LogP contribution in [0, 0.1) is 0 Å². The first-order valence-corrected chi connectivity index (χ1v) is 27.3. The van der Waals surface area contributed by atoms with Crippen LogP contribution in [0.15, 0.2) is 98.3 Å². The summed E-state index contributed by atoms with van der Waals surface area (Å²) < 4.78 is 80.9. The molecule has 0 bridgehead atoms. The number of halogens is 12. The van der Waals surface area contributed by atoms with Gasteiger partial charge in [0.05, 0.1) is 25.2 Å². The molecule has 4 aromatic carbocycles. The number of allylic oxidation sites excluding steroid dienone is 1. The number of Topliss-reactive ketones (excluding diaryl/α,β-unsaturated/α-hetero) is 1. The Hall–Kier alpha value is -2.63. The van der Waals surface area contributed by atoms with E-state index in [9.17, 15) is 35.9 Å². The van der Waals surface area contributed by atoms with Crippen LogP contribution in [0.3, 0.4) is 0 Å². The highest BCUT2D eigenvalue weighted by atomic mass is 79.9. The first-order chi connectivity index (χ1) is 29.5. The Balaban J connectivity index is 0.000000273. The number of amides is 1. The number of alkyl halides is 6. The Kier molecular flexibility index (Phi) is 20.8. The minimum absolute atomic E-state index is 0.00240. The van der Waals surface area contributed by atoms with E-state index in [1.807, 2.05) is 0 Å². The number of nitrogens with zero attached hydrogens (tertiary/aromatic N) is 2. The second-order valence-electron chi connectivity index (χ2n) is 15.9. The molecule has 0 saturated carbocycles. The molecule has 346 valence electrons. The number of carbonyl (C=O) groups is 2. The molecule has 1 amide bonds. The van der Waals surface area contributed by atoms with Gasteiger partial charge in [-0.1, -0.05) is 129 Å². The molecule has 0 aliphatic carbocycles. The third-order valence-electron chi connectivity index (χ3n) is 9.37. The molecule has 1 aliphatic heterocycles. The van der Waals surface area contributed by atoms with Gasteiger partial charge in [-0.05, 0) is 95.9 Å². The minimum atomic E-state index is -4.53. The molecule has 0 radical (unpaired) electrons. The van der Waals surface area contributed by atoms with E-state index in [1.165, 1.54) is 48.9 Å². The molecule has 5 rings (SSSR count). The lowest BCUT2D eigenvalue weighted by atomic mass is 9.76. The molecule has 0 saturated heterocycles. The van der Waals surface area contributed by atoms with Crippen LogP contribution in [-0.4, -0.2) is 61.8 Å².